The zero-order chi connectivity index (χ0) is 22.1. The molecule has 0 bridgehead atoms. The monoisotopic (exact) mass is 411 g/mol. The molecule has 0 saturated heterocycles. The van der Waals surface area contributed by atoms with E-state index in [4.69, 9.17) is 4.74 Å². The fourth-order valence-corrected chi connectivity index (χ4v) is 3.58. The molecule has 2 N–H and O–H groups in total. The minimum atomic E-state index is -0.627. The Morgan fingerprint density at radius 3 is 2.63 bits per heavy atom. The van der Waals surface area contributed by atoms with Crippen molar-refractivity contribution in [2.24, 2.45) is 5.41 Å². The zero-order valence-corrected chi connectivity index (χ0v) is 17.5. The number of ketones is 1. The summed E-state index contributed by atoms with van der Waals surface area (Å²) >= 11 is 0. The van der Waals surface area contributed by atoms with Crippen molar-refractivity contribution in [3.63, 3.8) is 0 Å². The molecule has 0 aliphatic heterocycles. The van der Waals surface area contributed by atoms with Gasteiger partial charge in [0.1, 0.15) is 11.3 Å². The Labute approximate surface area is 174 Å². The number of H-pyrrole nitrogens is 1. The smallest absolute Gasteiger partial charge is 0.261 e. The summed E-state index contributed by atoms with van der Waals surface area (Å²) in [5.41, 5.74) is 0.485. The third-order valence-electron chi connectivity index (χ3n) is 5.03. The SMILES string of the molecule is COc1cccc(NC(=O)CN(C)C(=O)c2cc3c([nH]c2=O)CC(C)(C)CC3=O)c1. The van der Waals surface area contributed by atoms with Crippen LogP contribution >= 0.6 is 0 Å². The van der Waals surface area contributed by atoms with Gasteiger partial charge in [-0.15, -0.1) is 0 Å². The number of aromatic amines is 1. The van der Waals surface area contributed by atoms with Crippen LogP contribution in [0.5, 0.6) is 5.75 Å². The van der Waals surface area contributed by atoms with Gasteiger partial charge in [-0.1, -0.05) is 19.9 Å². The lowest BCUT2D eigenvalue weighted by Gasteiger charge is -2.30. The van der Waals surface area contributed by atoms with Gasteiger partial charge in [0.15, 0.2) is 5.78 Å². The minimum absolute atomic E-state index is 0.107. The van der Waals surface area contributed by atoms with Crippen molar-refractivity contribution in [1.29, 1.82) is 0 Å². The third-order valence-corrected chi connectivity index (χ3v) is 5.03. The number of rotatable bonds is 5. The van der Waals surface area contributed by atoms with E-state index in [1.54, 1.807) is 24.3 Å². The Morgan fingerprint density at radius 1 is 1.20 bits per heavy atom. The molecule has 0 saturated carbocycles. The number of carbonyl (C=O) groups is 3. The second kappa shape index (κ2) is 8.14. The quantitative estimate of drug-likeness (QED) is 0.784. The molecule has 158 valence electrons. The average Bonchev–Trinajstić information content (AvgIpc) is 2.66. The van der Waals surface area contributed by atoms with Gasteiger partial charge in [-0.05, 0) is 30.0 Å². The van der Waals surface area contributed by atoms with Crippen LogP contribution in [0.3, 0.4) is 0 Å². The highest BCUT2D eigenvalue weighted by molar-refractivity contribution is 6.03. The molecule has 1 aromatic carbocycles. The predicted molar refractivity (Wildman–Crippen MR) is 112 cm³/mol. The van der Waals surface area contributed by atoms with Gasteiger partial charge in [-0.2, -0.15) is 0 Å². The number of likely N-dealkylation sites (N-methyl/N-ethyl adjacent to an activating group) is 1. The standard InChI is InChI=1S/C22H25N3O5/c1-22(2)10-17-15(18(26)11-22)9-16(20(28)24-17)21(29)25(3)12-19(27)23-13-6-5-7-14(8-13)30-4/h5-9H,10-12H2,1-4H3,(H,23,27)(H,24,28). The number of Topliss-reactive ketones (excluding diaryl/α,β-unsaturated/α-hetero) is 1. The number of fused-ring (bicyclic) bond motifs is 1. The van der Waals surface area contributed by atoms with E-state index >= 15 is 0 Å². The molecule has 0 unspecified atom stereocenters. The number of hydrogen-bond donors (Lipinski definition) is 2. The summed E-state index contributed by atoms with van der Waals surface area (Å²) in [7, 11) is 2.95. The largest absolute Gasteiger partial charge is 0.497 e. The number of anilines is 1. The van der Waals surface area contributed by atoms with Crippen LogP contribution in [0.2, 0.25) is 0 Å². The van der Waals surface area contributed by atoms with Gasteiger partial charge in [0, 0.05) is 36.5 Å². The van der Waals surface area contributed by atoms with Gasteiger partial charge in [0.2, 0.25) is 5.91 Å². The molecule has 0 fully saturated rings. The molecule has 0 atom stereocenters. The number of amides is 2. The average molecular weight is 411 g/mol. The molecule has 3 rings (SSSR count). The van der Waals surface area contributed by atoms with E-state index in [1.807, 2.05) is 13.8 Å². The molecule has 30 heavy (non-hydrogen) atoms. The van der Waals surface area contributed by atoms with Crippen molar-refractivity contribution < 1.29 is 19.1 Å². The predicted octanol–water partition coefficient (Wildman–Crippen LogP) is 2.25. The highest BCUT2D eigenvalue weighted by Gasteiger charge is 2.33. The second-order valence-electron chi connectivity index (χ2n) is 8.29. The zero-order valence-electron chi connectivity index (χ0n) is 17.5. The van der Waals surface area contributed by atoms with Crippen LogP contribution in [0.25, 0.3) is 0 Å². The number of pyridine rings is 1. The first-order chi connectivity index (χ1) is 14.1. The molecule has 8 heteroatoms. The van der Waals surface area contributed by atoms with Crippen molar-refractivity contribution >= 4 is 23.3 Å². The molecule has 1 aromatic heterocycles. The summed E-state index contributed by atoms with van der Waals surface area (Å²) in [5.74, 6) is -0.570. The first-order valence-electron chi connectivity index (χ1n) is 9.58. The maximum Gasteiger partial charge on any atom is 0.261 e. The van der Waals surface area contributed by atoms with E-state index in [-0.39, 0.29) is 23.3 Å². The summed E-state index contributed by atoms with van der Waals surface area (Å²) in [6.07, 6.45) is 0.898. The highest BCUT2D eigenvalue weighted by atomic mass is 16.5. The van der Waals surface area contributed by atoms with Gasteiger partial charge in [-0.25, -0.2) is 0 Å². The summed E-state index contributed by atoms with van der Waals surface area (Å²) in [6, 6.07) is 8.18. The highest BCUT2D eigenvalue weighted by Crippen LogP contribution is 2.33. The fourth-order valence-electron chi connectivity index (χ4n) is 3.58. The van der Waals surface area contributed by atoms with E-state index in [0.29, 0.717) is 35.5 Å². The van der Waals surface area contributed by atoms with Gasteiger partial charge >= 0.3 is 0 Å². The number of carbonyl (C=O) groups excluding carboxylic acids is 3. The number of aromatic nitrogens is 1. The Hall–Kier alpha value is -3.42. The van der Waals surface area contributed by atoms with Gasteiger partial charge in [0.05, 0.1) is 13.7 Å². The topological polar surface area (TPSA) is 109 Å². The van der Waals surface area contributed by atoms with Crippen molar-refractivity contribution in [2.45, 2.75) is 26.7 Å². The van der Waals surface area contributed by atoms with Crippen LogP contribution < -0.4 is 15.6 Å². The van der Waals surface area contributed by atoms with E-state index in [2.05, 4.69) is 10.3 Å². The molecule has 2 aromatic rings. The summed E-state index contributed by atoms with van der Waals surface area (Å²) in [6.45, 7) is 3.66. The number of nitrogens with zero attached hydrogens (tertiary/aromatic N) is 1. The second-order valence-corrected chi connectivity index (χ2v) is 8.29. The van der Waals surface area contributed by atoms with E-state index in [9.17, 15) is 19.2 Å². The van der Waals surface area contributed by atoms with Crippen LogP contribution in [0, 0.1) is 5.41 Å². The van der Waals surface area contributed by atoms with Crippen LogP contribution in [0.4, 0.5) is 5.69 Å². The van der Waals surface area contributed by atoms with E-state index < -0.39 is 17.4 Å². The molecular weight excluding hydrogens is 386 g/mol. The number of benzene rings is 1. The first kappa shape index (κ1) is 21.3. The van der Waals surface area contributed by atoms with Gasteiger partial charge in [0.25, 0.3) is 11.5 Å². The van der Waals surface area contributed by atoms with Crippen LogP contribution in [0.15, 0.2) is 35.1 Å². The fraction of sp³-hybridized carbons (Fsp3) is 0.364. The molecule has 8 nitrogen and oxygen atoms in total. The van der Waals surface area contributed by atoms with Crippen LogP contribution in [0.1, 0.15) is 46.7 Å². The number of ether oxygens (including phenoxy) is 1. The lowest BCUT2D eigenvalue weighted by atomic mass is 9.75. The Kier molecular flexibility index (Phi) is 5.78. The summed E-state index contributed by atoms with van der Waals surface area (Å²) in [5, 5.41) is 2.68. The van der Waals surface area contributed by atoms with Crippen molar-refractivity contribution in [1.82, 2.24) is 9.88 Å². The molecule has 0 radical (unpaired) electrons. The van der Waals surface area contributed by atoms with E-state index in [0.717, 1.165) is 4.90 Å². The van der Waals surface area contributed by atoms with Crippen LogP contribution in [-0.4, -0.2) is 48.2 Å². The molecule has 1 heterocycles. The van der Waals surface area contributed by atoms with E-state index in [1.165, 1.54) is 20.2 Å². The molecule has 0 spiro atoms. The maximum atomic E-state index is 12.8. The Bertz CT molecular complexity index is 1070. The minimum Gasteiger partial charge on any atom is -0.497 e. The molecular formula is C22H25N3O5. The van der Waals surface area contributed by atoms with Gasteiger partial charge in [-0.3, -0.25) is 19.2 Å². The lowest BCUT2D eigenvalue weighted by Crippen LogP contribution is -2.38. The number of hydrogen-bond acceptors (Lipinski definition) is 5. The Morgan fingerprint density at radius 2 is 1.93 bits per heavy atom. The molecule has 1 aliphatic rings. The normalized spacial score (nSPS) is 14.6. The molecule has 2 amide bonds. The molecule has 1 aliphatic carbocycles. The van der Waals surface area contributed by atoms with Crippen molar-refractivity contribution in [3.8, 4) is 5.75 Å². The van der Waals surface area contributed by atoms with Gasteiger partial charge < -0.3 is 19.9 Å². The lowest BCUT2D eigenvalue weighted by molar-refractivity contribution is -0.116. The van der Waals surface area contributed by atoms with Crippen molar-refractivity contribution in [2.75, 3.05) is 26.0 Å². The first-order valence-corrected chi connectivity index (χ1v) is 9.58. The Balaban J connectivity index is 1.74. The maximum absolute atomic E-state index is 12.8. The van der Waals surface area contributed by atoms with Crippen molar-refractivity contribution in [3.05, 3.63) is 57.5 Å². The van der Waals surface area contributed by atoms with Crippen LogP contribution in [-0.2, 0) is 11.2 Å². The third kappa shape index (κ3) is 4.59. The summed E-state index contributed by atoms with van der Waals surface area (Å²) < 4.78 is 5.11. The number of methoxy groups -OCH3 is 1. The number of nitrogens with one attached hydrogen (secondary N) is 2. The summed E-state index contributed by atoms with van der Waals surface area (Å²) in [4.78, 5) is 53.9.